The van der Waals surface area contributed by atoms with E-state index in [2.05, 4.69) is 42.2 Å². The van der Waals surface area contributed by atoms with Crippen molar-refractivity contribution < 1.29 is 4.74 Å². The molecule has 4 rings (SSSR count). The van der Waals surface area contributed by atoms with E-state index in [9.17, 15) is 0 Å². The molecule has 3 N–H and O–H groups in total. The summed E-state index contributed by atoms with van der Waals surface area (Å²) in [4.78, 5) is 17.8. The molecule has 1 aromatic heterocycles. The number of hydrogen-bond acceptors (Lipinski definition) is 8. The van der Waals surface area contributed by atoms with Crippen LogP contribution in [0.3, 0.4) is 0 Å². The number of piperazine rings is 1. The first-order valence-corrected chi connectivity index (χ1v) is 10.6. The van der Waals surface area contributed by atoms with Crippen LogP contribution >= 0.6 is 11.6 Å². The van der Waals surface area contributed by atoms with Gasteiger partial charge in [-0.1, -0.05) is 23.7 Å². The summed E-state index contributed by atoms with van der Waals surface area (Å²) in [7, 11) is 1.68. The molecule has 8 nitrogen and oxygen atoms in total. The van der Waals surface area contributed by atoms with Gasteiger partial charge in [0.05, 0.1) is 13.7 Å². The van der Waals surface area contributed by atoms with Gasteiger partial charge in [0.25, 0.3) is 0 Å². The third-order valence-electron chi connectivity index (χ3n) is 5.24. The van der Waals surface area contributed by atoms with Crippen molar-refractivity contribution in [2.24, 2.45) is 0 Å². The minimum Gasteiger partial charge on any atom is -0.497 e. The Hall–Kier alpha value is -3.10. The number of ether oxygens (including phenoxy) is 1. The maximum atomic E-state index is 5.94. The van der Waals surface area contributed by atoms with Crippen LogP contribution in [0, 0.1) is 0 Å². The zero-order valence-corrected chi connectivity index (χ0v) is 18.2. The van der Waals surface area contributed by atoms with Crippen LogP contribution in [-0.4, -0.2) is 53.1 Å². The number of methoxy groups -OCH3 is 1. The molecule has 2 aromatic carbocycles. The highest BCUT2D eigenvalue weighted by molar-refractivity contribution is 6.30. The lowest BCUT2D eigenvalue weighted by Gasteiger charge is -2.35. The van der Waals surface area contributed by atoms with Gasteiger partial charge in [-0.2, -0.15) is 15.0 Å². The molecule has 1 aliphatic rings. The van der Waals surface area contributed by atoms with Crippen molar-refractivity contribution in [2.75, 3.05) is 49.2 Å². The van der Waals surface area contributed by atoms with Crippen molar-refractivity contribution in [3.63, 3.8) is 0 Å². The van der Waals surface area contributed by atoms with Gasteiger partial charge in [-0.05, 0) is 42.0 Å². The number of rotatable bonds is 7. The Morgan fingerprint density at radius 3 is 2.35 bits per heavy atom. The van der Waals surface area contributed by atoms with Gasteiger partial charge in [0.15, 0.2) is 0 Å². The van der Waals surface area contributed by atoms with Crippen LogP contribution in [0.2, 0.25) is 5.02 Å². The summed E-state index contributed by atoms with van der Waals surface area (Å²) in [5.74, 6) is 2.24. The van der Waals surface area contributed by atoms with Crippen LogP contribution in [0.15, 0.2) is 48.5 Å². The lowest BCUT2D eigenvalue weighted by atomic mass is 10.2. The summed E-state index contributed by atoms with van der Waals surface area (Å²) >= 11 is 5.94. The van der Waals surface area contributed by atoms with Crippen LogP contribution in [0.25, 0.3) is 0 Å². The fourth-order valence-corrected chi connectivity index (χ4v) is 3.65. The molecular formula is C22H26ClN7O. The van der Waals surface area contributed by atoms with E-state index in [0.29, 0.717) is 29.9 Å². The van der Waals surface area contributed by atoms with Gasteiger partial charge < -0.3 is 20.7 Å². The highest BCUT2D eigenvalue weighted by Gasteiger charge is 2.19. The number of anilines is 3. The number of nitrogens with two attached hydrogens (primary N) is 1. The molecule has 3 aromatic rings. The molecule has 0 bridgehead atoms. The molecule has 0 radical (unpaired) electrons. The van der Waals surface area contributed by atoms with E-state index >= 15 is 0 Å². The second kappa shape index (κ2) is 9.80. The Balaban J connectivity index is 1.32. The van der Waals surface area contributed by atoms with Crippen molar-refractivity contribution >= 4 is 29.2 Å². The van der Waals surface area contributed by atoms with Crippen LogP contribution in [-0.2, 0) is 13.1 Å². The average Bonchev–Trinajstić information content (AvgIpc) is 2.79. The molecule has 2 heterocycles. The van der Waals surface area contributed by atoms with Crippen molar-refractivity contribution in [2.45, 2.75) is 13.1 Å². The number of nitrogens with zero attached hydrogens (tertiary/aromatic N) is 5. The van der Waals surface area contributed by atoms with Crippen molar-refractivity contribution in [3.8, 4) is 5.75 Å². The van der Waals surface area contributed by atoms with Gasteiger partial charge >= 0.3 is 0 Å². The summed E-state index contributed by atoms with van der Waals surface area (Å²) in [6.45, 7) is 4.94. The monoisotopic (exact) mass is 439 g/mol. The summed E-state index contributed by atoms with van der Waals surface area (Å²) in [5, 5.41) is 3.93. The van der Waals surface area contributed by atoms with Crippen molar-refractivity contribution in [1.82, 2.24) is 19.9 Å². The number of aromatic nitrogens is 3. The number of hydrogen-bond donors (Lipinski definition) is 2. The van der Waals surface area contributed by atoms with E-state index in [1.807, 2.05) is 36.4 Å². The first kappa shape index (κ1) is 21.1. The van der Waals surface area contributed by atoms with Crippen LogP contribution < -0.4 is 20.7 Å². The highest BCUT2D eigenvalue weighted by Crippen LogP contribution is 2.21. The second-order valence-corrected chi connectivity index (χ2v) is 7.81. The third kappa shape index (κ3) is 5.74. The Kier molecular flexibility index (Phi) is 6.69. The first-order valence-electron chi connectivity index (χ1n) is 10.2. The quantitative estimate of drug-likeness (QED) is 0.580. The maximum Gasteiger partial charge on any atom is 0.228 e. The van der Waals surface area contributed by atoms with Gasteiger partial charge in [0.1, 0.15) is 11.6 Å². The summed E-state index contributed by atoms with van der Waals surface area (Å²) < 4.78 is 5.24. The molecule has 0 saturated carbocycles. The van der Waals surface area contributed by atoms with E-state index in [0.717, 1.165) is 37.5 Å². The second-order valence-electron chi connectivity index (χ2n) is 7.37. The summed E-state index contributed by atoms with van der Waals surface area (Å²) in [5.41, 5.74) is 8.21. The Morgan fingerprint density at radius 1 is 0.968 bits per heavy atom. The van der Waals surface area contributed by atoms with Gasteiger partial charge in [0.2, 0.25) is 11.9 Å². The standard InChI is InChI=1S/C22H26ClN7O/c1-31-19-8-6-18(7-9-19)30-12-10-29(11-13-30)15-20-26-21(24)28-22(27-20)25-14-16-2-4-17(23)5-3-16/h2-9H,10-15H2,1H3,(H3,24,25,26,27,28). The largest absolute Gasteiger partial charge is 0.497 e. The van der Waals surface area contributed by atoms with E-state index in [1.54, 1.807) is 7.11 Å². The van der Waals surface area contributed by atoms with Gasteiger partial charge in [-0.15, -0.1) is 0 Å². The number of halogens is 1. The molecule has 0 unspecified atom stereocenters. The zero-order chi connectivity index (χ0) is 21.6. The summed E-state index contributed by atoms with van der Waals surface area (Å²) in [6.07, 6.45) is 0. The SMILES string of the molecule is COc1ccc(N2CCN(Cc3nc(N)nc(NCc4ccc(Cl)cc4)n3)CC2)cc1. The van der Waals surface area contributed by atoms with Crippen LogP contribution in [0.1, 0.15) is 11.4 Å². The highest BCUT2D eigenvalue weighted by atomic mass is 35.5. The molecule has 1 saturated heterocycles. The molecule has 0 spiro atoms. The maximum absolute atomic E-state index is 5.94. The van der Waals surface area contributed by atoms with Crippen molar-refractivity contribution in [3.05, 3.63) is 64.9 Å². The van der Waals surface area contributed by atoms with Gasteiger partial charge in [-0.25, -0.2) is 0 Å². The van der Waals surface area contributed by atoms with E-state index in [4.69, 9.17) is 22.1 Å². The third-order valence-corrected chi connectivity index (χ3v) is 5.49. The fraction of sp³-hybridized carbons (Fsp3) is 0.318. The smallest absolute Gasteiger partial charge is 0.228 e. The molecule has 1 fully saturated rings. The van der Waals surface area contributed by atoms with Crippen LogP contribution in [0.5, 0.6) is 5.75 Å². The summed E-state index contributed by atoms with van der Waals surface area (Å²) in [6, 6.07) is 15.8. The molecule has 0 amide bonds. The predicted octanol–water partition coefficient (Wildman–Crippen LogP) is 3.05. The van der Waals surface area contributed by atoms with Crippen molar-refractivity contribution in [1.29, 1.82) is 0 Å². The molecule has 9 heteroatoms. The number of nitrogens with one attached hydrogen (secondary N) is 1. The Labute approximate surface area is 187 Å². The predicted molar refractivity (Wildman–Crippen MR) is 124 cm³/mol. The molecule has 31 heavy (non-hydrogen) atoms. The topological polar surface area (TPSA) is 92.4 Å². The minimum absolute atomic E-state index is 0.223. The number of benzene rings is 2. The van der Waals surface area contributed by atoms with Gasteiger partial charge in [-0.3, -0.25) is 4.90 Å². The van der Waals surface area contributed by atoms with Crippen LogP contribution in [0.4, 0.5) is 17.6 Å². The lowest BCUT2D eigenvalue weighted by Crippen LogP contribution is -2.46. The molecule has 0 atom stereocenters. The lowest BCUT2D eigenvalue weighted by molar-refractivity contribution is 0.244. The first-order chi connectivity index (χ1) is 15.1. The number of nitrogen functional groups attached to an aromatic ring is 1. The molecular weight excluding hydrogens is 414 g/mol. The average molecular weight is 440 g/mol. The molecule has 1 aliphatic heterocycles. The molecule has 0 aliphatic carbocycles. The molecule has 162 valence electrons. The van der Waals surface area contributed by atoms with E-state index < -0.39 is 0 Å². The van der Waals surface area contributed by atoms with Gasteiger partial charge in [0, 0.05) is 43.4 Å². The van der Waals surface area contributed by atoms with E-state index in [-0.39, 0.29) is 5.95 Å². The Bertz CT molecular complexity index is 990. The fourth-order valence-electron chi connectivity index (χ4n) is 3.53. The Morgan fingerprint density at radius 2 is 1.68 bits per heavy atom. The minimum atomic E-state index is 0.223. The normalized spacial score (nSPS) is 14.5. The van der Waals surface area contributed by atoms with E-state index in [1.165, 1.54) is 5.69 Å². The zero-order valence-electron chi connectivity index (χ0n) is 17.5.